The van der Waals surface area contributed by atoms with Crippen molar-refractivity contribution >= 4 is 12.2 Å². The fourth-order valence-corrected chi connectivity index (χ4v) is 1.44. The number of rotatable bonds is 4. The lowest BCUT2D eigenvalue weighted by molar-refractivity contribution is 0.711. The minimum atomic E-state index is -0.232. The van der Waals surface area contributed by atoms with E-state index >= 15 is 0 Å². The highest BCUT2D eigenvalue weighted by Crippen LogP contribution is 2.04. The normalized spacial score (nSPS) is 10.2. The van der Waals surface area contributed by atoms with E-state index in [-0.39, 0.29) is 5.69 Å². The van der Waals surface area contributed by atoms with Gasteiger partial charge in [0.15, 0.2) is 0 Å². The van der Waals surface area contributed by atoms with E-state index in [1.54, 1.807) is 6.20 Å². The van der Waals surface area contributed by atoms with E-state index in [2.05, 4.69) is 16.9 Å². The second kappa shape index (κ2) is 4.97. The summed E-state index contributed by atoms with van der Waals surface area (Å²) >= 11 is 5.01. The van der Waals surface area contributed by atoms with Gasteiger partial charge in [-0.15, -0.1) is 0 Å². The first kappa shape index (κ1) is 10.2. The fraction of sp³-hybridized carbons (Fsp3) is 0.556. The molecule has 0 saturated heterocycles. The second-order valence-electron chi connectivity index (χ2n) is 3.05. The van der Waals surface area contributed by atoms with Crippen LogP contribution in [0.5, 0.6) is 0 Å². The average Bonchev–Trinajstić information content (AvgIpc) is 2.09. The lowest BCUT2D eigenvalue weighted by Gasteiger charge is -1.99. The van der Waals surface area contributed by atoms with Crippen molar-refractivity contribution in [2.24, 2.45) is 0 Å². The van der Waals surface area contributed by atoms with Gasteiger partial charge in [0.2, 0.25) is 0 Å². The lowest BCUT2D eigenvalue weighted by Crippen LogP contribution is -2.10. The Morgan fingerprint density at radius 1 is 1.46 bits per heavy atom. The average molecular weight is 198 g/mol. The molecule has 0 aliphatic rings. The standard InChI is InChI=1S/C9H14N2OS/c1-2-3-4-5-7-6-10-9(12)11-8(7)13/h6H,2-5H2,1H3,(H2,10,11,12,13). The van der Waals surface area contributed by atoms with Gasteiger partial charge in [-0.05, 0) is 12.8 Å². The van der Waals surface area contributed by atoms with Crippen molar-refractivity contribution < 1.29 is 0 Å². The third-order valence-electron chi connectivity index (χ3n) is 1.95. The largest absolute Gasteiger partial charge is 0.323 e. The van der Waals surface area contributed by atoms with E-state index in [1.807, 2.05) is 0 Å². The predicted octanol–water partition coefficient (Wildman–Crippen LogP) is 2.17. The summed E-state index contributed by atoms with van der Waals surface area (Å²) in [6.07, 6.45) is 6.17. The number of hydrogen-bond acceptors (Lipinski definition) is 2. The Morgan fingerprint density at radius 2 is 2.23 bits per heavy atom. The maximum absolute atomic E-state index is 10.8. The Balaban J connectivity index is 2.67. The van der Waals surface area contributed by atoms with Gasteiger partial charge in [0, 0.05) is 11.8 Å². The van der Waals surface area contributed by atoms with Crippen LogP contribution in [-0.4, -0.2) is 9.97 Å². The lowest BCUT2D eigenvalue weighted by atomic mass is 10.1. The fourth-order valence-electron chi connectivity index (χ4n) is 1.19. The summed E-state index contributed by atoms with van der Waals surface area (Å²) in [6, 6.07) is 0. The number of H-pyrrole nitrogens is 2. The molecule has 0 fully saturated rings. The van der Waals surface area contributed by atoms with E-state index in [9.17, 15) is 4.79 Å². The number of aromatic amines is 2. The Morgan fingerprint density at radius 3 is 2.85 bits per heavy atom. The molecule has 0 unspecified atom stereocenters. The molecule has 0 bridgehead atoms. The topological polar surface area (TPSA) is 48.6 Å². The molecule has 3 nitrogen and oxygen atoms in total. The van der Waals surface area contributed by atoms with Crippen LogP contribution in [0.3, 0.4) is 0 Å². The van der Waals surface area contributed by atoms with Crippen LogP contribution >= 0.6 is 12.2 Å². The first-order valence-corrected chi connectivity index (χ1v) is 4.95. The van der Waals surface area contributed by atoms with Gasteiger partial charge >= 0.3 is 5.69 Å². The summed E-state index contributed by atoms with van der Waals surface area (Å²) in [5.41, 5.74) is 0.798. The summed E-state index contributed by atoms with van der Waals surface area (Å²) in [5.74, 6) is 0. The van der Waals surface area contributed by atoms with Crippen LogP contribution in [0.15, 0.2) is 11.0 Å². The quantitative estimate of drug-likeness (QED) is 0.575. The van der Waals surface area contributed by atoms with Crippen molar-refractivity contribution in [2.45, 2.75) is 32.6 Å². The van der Waals surface area contributed by atoms with Crippen molar-refractivity contribution in [1.82, 2.24) is 9.97 Å². The molecule has 0 radical (unpaired) electrons. The molecule has 0 aliphatic heterocycles. The van der Waals surface area contributed by atoms with Crippen LogP contribution in [0.2, 0.25) is 0 Å². The smallest absolute Gasteiger partial charge is 0.314 e. The van der Waals surface area contributed by atoms with E-state index in [1.165, 1.54) is 12.8 Å². The van der Waals surface area contributed by atoms with Crippen LogP contribution in [0.1, 0.15) is 31.7 Å². The first-order valence-electron chi connectivity index (χ1n) is 4.55. The summed E-state index contributed by atoms with van der Waals surface area (Å²) < 4.78 is 0.569. The maximum Gasteiger partial charge on any atom is 0.323 e. The molecule has 2 N–H and O–H groups in total. The molecule has 13 heavy (non-hydrogen) atoms. The molecule has 0 atom stereocenters. The Bertz CT molecular complexity index is 366. The van der Waals surface area contributed by atoms with Crippen molar-refractivity contribution in [1.29, 1.82) is 0 Å². The van der Waals surface area contributed by atoms with Gasteiger partial charge < -0.3 is 4.98 Å². The zero-order chi connectivity index (χ0) is 9.68. The van der Waals surface area contributed by atoms with Crippen molar-refractivity contribution in [3.05, 3.63) is 26.9 Å². The number of aromatic nitrogens is 2. The molecule has 72 valence electrons. The molecule has 0 aromatic carbocycles. The Labute approximate surface area is 82.2 Å². The number of aryl methyl sites for hydroxylation is 1. The summed E-state index contributed by atoms with van der Waals surface area (Å²) in [6.45, 7) is 2.16. The van der Waals surface area contributed by atoms with Crippen molar-refractivity contribution in [2.75, 3.05) is 0 Å². The third kappa shape index (κ3) is 3.14. The zero-order valence-corrected chi connectivity index (χ0v) is 8.54. The highest BCUT2D eigenvalue weighted by atomic mass is 32.1. The van der Waals surface area contributed by atoms with E-state index < -0.39 is 0 Å². The van der Waals surface area contributed by atoms with E-state index in [0.717, 1.165) is 18.4 Å². The van der Waals surface area contributed by atoms with Gasteiger partial charge in [-0.25, -0.2) is 4.79 Å². The van der Waals surface area contributed by atoms with E-state index in [0.29, 0.717) is 4.64 Å². The van der Waals surface area contributed by atoms with Gasteiger partial charge in [-0.3, -0.25) is 4.98 Å². The minimum absolute atomic E-state index is 0.232. The van der Waals surface area contributed by atoms with Gasteiger partial charge in [-0.1, -0.05) is 32.0 Å². The third-order valence-corrected chi connectivity index (χ3v) is 2.31. The second-order valence-corrected chi connectivity index (χ2v) is 3.46. The molecule has 1 heterocycles. The van der Waals surface area contributed by atoms with Crippen LogP contribution in [0.4, 0.5) is 0 Å². The maximum atomic E-state index is 10.8. The zero-order valence-electron chi connectivity index (χ0n) is 7.72. The molecular formula is C9H14N2OS. The van der Waals surface area contributed by atoms with Crippen molar-refractivity contribution in [3.63, 3.8) is 0 Å². The molecule has 1 aromatic rings. The number of nitrogens with one attached hydrogen (secondary N) is 2. The first-order chi connectivity index (χ1) is 6.24. The molecular weight excluding hydrogens is 184 g/mol. The molecule has 0 spiro atoms. The van der Waals surface area contributed by atoms with Crippen LogP contribution in [0, 0.1) is 4.64 Å². The minimum Gasteiger partial charge on any atom is -0.314 e. The van der Waals surface area contributed by atoms with Crippen LogP contribution in [0.25, 0.3) is 0 Å². The van der Waals surface area contributed by atoms with E-state index in [4.69, 9.17) is 12.2 Å². The van der Waals surface area contributed by atoms with Crippen molar-refractivity contribution in [3.8, 4) is 0 Å². The highest BCUT2D eigenvalue weighted by molar-refractivity contribution is 7.71. The van der Waals surface area contributed by atoms with Gasteiger partial charge in [0.25, 0.3) is 0 Å². The number of unbranched alkanes of at least 4 members (excludes halogenated alkanes) is 2. The van der Waals surface area contributed by atoms with Gasteiger partial charge in [-0.2, -0.15) is 0 Å². The monoisotopic (exact) mass is 198 g/mol. The Hall–Kier alpha value is -0.900. The van der Waals surface area contributed by atoms with Gasteiger partial charge in [0.05, 0.1) is 0 Å². The SMILES string of the molecule is CCCCCc1c[nH]c(=O)[nH]c1=S. The molecule has 4 heteroatoms. The van der Waals surface area contributed by atoms with Crippen LogP contribution in [-0.2, 0) is 6.42 Å². The molecule has 0 aliphatic carbocycles. The van der Waals surface area contributed by atoms with Crippen LogP contribution < -0.4 is 5.69 Å². The molecule has 1 rings (SSSR count). The molecule has 0 amide bonds. The predicted molar refractivity (Wildman–Crippen MR) is 55.5 cm³/mol. The molecule has 1 aromatic heterocycles. The summed E-state index contributed by atoms with van der Waals surface area (Å²) in [4.78, 5) is 16.0. The summed E-state index contributed by atoms with van der Waals surface area (Å²) in [5, 5.41) is 0. The van der Waals surface area contributed by atoms with Gasteiger partial charge in [0.1, 0.15) is 4.64 Å². The highest BCUT2D eigenvalue weighted by Gasteiger charge is 1.95. The Kier molecular flexibility index (Phi) is 3.89. The number of hydrogen-bond donors (Lipinski definition) is 2. The molecule has 0 saturated carbocycles. The summed E-state index contributed by atoms with van der Waals surface area (Å²) in [7, 11) is 0.